The lowest BCUT2D eigenvalue weighted by molar-refractivity contribution is -0.389. The molecule has 2 N–H and O–H groups in total. The van der Waals surface area contributed by atoms with Gasteiger partial charge in [-0.05, 0) is 30.0 Å². The molecule has 0 fully saturated rings. The molecule has 0 saturated heterocycles. The maximum atomic E-state index is 12.2. The Balaban J connectivity index is 1.50. The van der Waals surface area contributed by atoms with Crippen LogP contribution >= 0.6 is 11.6 Å². The van der Waals surface area contributed by atoms with Gasteiger partial charge in [-0.25, -0.2) is 0 Å². The predicted molar refractivity (Wildman–Crippen MR) is 117 cm³/mol. The lowest BCUT2D eigenvalue weighted by atomic mass is 10.2. The molecule has 1 aromatic carbocycles. The quantitative estimate of drug-likeness (QED) is 0.238. The van der Waals surface area contributed by atoms with E-state index in [0.29, 0.717) is 22.8 Å². The molecule has 0 unspecified atom stereocenters. The number of ether oxygens (including phenoxy) is 2. The van der Waals surface area contributed by atoms with E-state index in [1.807, 2.05) is 0 Å². The fraction of sp³-hybridized carbons (Fsp3) is 0.316. The van der Waals surface area contributed by atoms with E-state index in [1.54, 1.807) is 18.2 Å². The van der Waals surface area contributed by atoms with Crippen molar-refractivity contribution in [3.63, 3.8) is 0 Å². The molecule has 180 valence electrons. The van der Waals surface area contributed by atoms with Crippen LogP contribution in [-0.4, -0.2) is 64.0 Å². The summed E-state index contributed by atoms with van der Waals surface area (Å²) >= 11 is 5.85. The highest BCUT2D eigenvalue weighted by molar-refractivity contribution is 6.33. The second-order valence-electron chi connectivity index (χ2n) is 6.74. The second-order valence-corrected chi connectivity index (χ2v) is 7.11. The van der Waals surface area contributed by atoms with E-state index in [1.165, 1.54) is 21.1 Å². The number of hydrogen-bond acceptors (Lipinski definition) is 10. The van der Waals surface area contributed by atoms with Crippen LogP contribution in [0.15, 0.2) is 22.7 Å². The van der Waals surface area contributed by atoms with Gasteiger partial charge >= 0.3 is 17.6 Å². The van der Waals surface area contributed by atoms with E-state index in [9.17, 15) is 19.7 Å². The van der Waals surface area contributed by atoms with Crippen LogP contribution in [0.25, 0.3) is 11.4 Å². The summed E-state index contributed by atoms with van der Waals surface area (Å²) in [7, 11) is 3.00. The lowest BCUT2D eigenvalue weighted by Crippen LogP contribution is -2.36. The van der Waals surface area contributed by atoms with Gasteiger partial charge in [0, 0.05) is 18.7 Å². The predicted octanol–water partition coefficient (Wildman–Crippen LogP) is 1.37. The van der Waals surface area contributed by atoms with Gasteiger partial charge < -0.3 is 34.7 Å². The molecular weight excluding hydrogens is 474 g/mol. The van der Waals surface area contributed by atoms with Crippen molar-refractivity contribution in [3.8, 4) is 22.9 Å². The van der Waals surface area contributed by atoms with Gasteiger partial charge in [-0.2, -0.15) is 9.67 Å². The Morgan fingerprint density at radius 1 is 1.21 bits per heavy atom. The van der Waals surface area contributed by atoms with Gasteiger partial charge in [-0.15, -0.1) is 0 Å². The van der Waals surface area contributed by atoms with E-state index in [-0.39, 0.29) is 36.4 Å². The first kappa shape index (κ1) is 24.4. The number of nitrogens with one attached hydrogen (secondary N) is 2. The lowest BCUT2D eigenvalue weighted by Gasteiger charge is -2.07. The summed E-state index contributed by atoms with van der Waals surface area (Å²) in [5.74, 6) is -0.704. The molecule has 2 amide bonds. The van der Waals surface area contributed by atoms with Crippen LogP contribution in [0, 0.1) is 17.0 Å². The van der Waals surface area contributed by atoms with Crippen LogP contribution in [0.1, 0.15) is 16.4 Å². The fourth-order valence-electron chi connectivity index (χ4n) is 2.83. The summed E-state index contributed by atoms with van der Waals surface area (Å²) in [6, 6.07) is 5.00. The monoisotopic (exact) mass is 493 g/mol. The number of methoxy groups -OCH3 is 2. The summed E-state index contributed by atoms with van der Waals surface area (Å²) in [5, 5.41) is 23.3. The molecule has 2 aromatic heterocycles. The Kier molecular flexibility index (Phi) is 7.63. The van der Waals surface area contributed by atoms with Gasteiger partial charge in [-0.1, -0.05) is 16.8 Å². The molecule has 0 aliphatic carbocycles. The Morgan fingerprint density at radius 3 is 2.56 bits per heavy atom. The van der Waals surface area contributed by atoms with Crippen LogP contribution in [-0.2, 0) is 11.3 Å². The van der Waals surface area contributed by atoms with Gasteiger partial charge in [-0.3, -0.25) is 9.59 Å². The molecule has 0 saturated carbocycles. The zero-order valence-electron chi connectivity index (χ0n) is 18.3. The third-order valence-corrected chi connectivity index (χ3v) is 5.02. The molecule has 3 rings (SSSR count). The van der Waals surface area contributed by atoms with Gasteiger partial charge in [0.25, 0.3) is 0 Å². The molecule has 15 heteroatoms. The van der Waals surface area contributed by atoms with Gasteiger partial charge in [0.15, 0.2) is 16.5 Å². The highest BCUT2D eigenvalue weighted by Gasteiger charge is 2.25. The third kappa shape index (κ3) is 5.40. The molecule has 0 spiro atoms. The maximum absolute atomic E-state index is 12.2. The normalized spacial score (nSPS) is 10.6. The summed E-state index contributed by atoms with van der Waals surface area (Å²) < 4.78 is 16.5. The average Bonchev–Trinajstić information content (AvgIpc) is 3.42. The molecule has 0 atom stereocenters. The standard InChI is InChI=1S/C19H20ClN7O7/c1-10-15(20)17(27(30)31)24-26(10)9-14(28)21-6-7-22-18(29)19-23-16(25-34-19)11-4-5-12(32-2)13(8-11)33-3/h4-5,8H,6-7,9H2,1-3H3,(H,21,28)(H,22,29). The van der Waals surface area contributed by atoms with E-state index < -0.39 is 22.6 Å². The van der Waals surface area contributed by atoms with E-state index >= 15 is 0 Å². The number of rotatable bonds is 10. The van der Waals surface area contributed by atoms with Crippen LogP contribution in [0.4, 0.5) is 5.82 Å². The molecule has 2 heterocycles. The molecule has 34 heavy (non-hydrogen) atoms. The minimum absolute atomic E-state index is 0.0671. The fourth-order valence-corrected chi connectivity index (χ4v) is 3.04. The highest BCUT2D eigenvalue weighted by atomic mass is 35.5. The number of hydrogen-bond donors (Lipinski definition) is 2. The van der Waals surface area contributed by atoms with Gasteiger partial charge in [0.05, 0.1) is 25.0 Å². The number of benzene rings is 1. The first-order valence-electron chi connectivity index (χ1n) is 9.73. The Morgan fingerprint density at radius 2 is 1.91 bits per heavy atom. The summed E-state index contributed by atoms with van der Waals surface area (Å²) in [6.07, 6.45) is 0. The van der Waals surface area contributed by atoms with E-state index in [2.05, 4.69) is 25.9 Å². The third-order valence-electron chi connectivity index (χ3n) is 4.58. The summed E-state index contributed by atoms with van der Waals surface area (Å²) in [6.45, 7) is 1.39. The van der Waals surface area contributed by atoms with Crippen molar-refractivity contribution < 1.29 is 28.5 Å². The maximum Gasteiger partial charge on any atom is 0.408 e. The van der Waals surface area contributed by atoms with Crippen molar-refractivity contribution in [2.24, 2.45) is 0 Å². The first-order chi connectivity index (χ1) is 16.2. The van der Waals surface area contributed by atoms with Crippen molar-refractivity contribution in [1.82, 2.24) is 30.6 Å². The van der Waals surface area contributed by atoms with E-state index in [0.717, 1.165) is 4.68 Å². The van der Waals surface area contributed by atoms with Crippen LogP contribution in [0.3, 0.4) is 0 Å². The number of halogens is 1. The zero-order chi connectivity index (χ0) is 24.8. The number of carbonyl (C=O) groups excluding carboxylic acids is 2. The number of nitrogens with zero attached hydrogens (tertiary/aromatic N) is 5. The Hall–Kier alpha value is -4.20. The molecule has 0 aliphatic heterocycles. The zero-order valence-corrected chi connectivity index (χ0v) is 19.1. The van der Waals surface area contributed by atoms with Crippen molar-refractivity contribution in [2.75, 3.05) is 27.3 Å². The minimum atomic E-state index is -0.729. The number of amides is 2. The van der Waals surface area contributed by atoms with Crippen LogP contribution in [0.5, 0.6) is 11.5 Å². The van der Waals surface area contributed by atoms with E-state index in [4.69, 9.17) is 25.6 Å². The molecule has 0 aliphatic rings. The molecular formula is C19H20ClN7O7. The van der Waals surface area contributed by atoms with Crippen LogP contribution < -0.4 is 20.1 Å². The summed E-state index contributed by atoms with van der Waals surface area (Å²) in [4.78, 5) is 38.5. The molecule has 3 aromatic rings. The Bertz CT molecular complexity index is 1220. The Labute approximate surface area is 197 Å². The molecule has 14 nitrogen and oxygen atoms in total. The average molecular weight is 494 g/mol. The largest absolute Gasteiger partial charge is 0.493 e. The number of nitro groups is 1. The first-order valence-corrected chi connectivity index (χ1v) is 10.1. The van der Waals surface area contributed by atoms with Crippen molar-refractivity contribution in [2.45, 2.75) is 13.5 Å². The number of aromatic nitrogens is 4. The van der Waals surface area contributed by atoms with Gasteiger partial charge in [0.2, 0.25) is 11.7 Å². The topological polar surface area (TPSA) is 177 Å². The van der Waals surface area contributed by atoms with Crippen molar-refractivity contribution in [3.05, 3.63) is 44.9 Å². The SMILES string of the molecule is COc1ccc(-c2noc(C(=O)NCCNC(=O)Cn3nc([N+](=O)[O-])c(Cl)c3C)n2)cc1OC. The summed E-state index contributed by atoms with van der Waals surface area (Å²) in [5.41, 5.74) is 0.848. The highest BCUT2D eigenvalue weighted by Crippen LogP contribution is 2.31. The van der Waals surface area contributed by atoms with Crippen LogP contribution in [0.2, 0.25) is 5.02 Å². The van der Waals surface area contributed by atoms with Crippen molar-refractivity contribution >= 4 is 29.2 Å². The second kappa shape index (κ2) is 10.6. The molecule has 0 radical (unpaired) electrons. The van der Waals surface area contributed by atoms with Crippen molar-refractivity contribution in [1.29, 1.82) is 0 Å². The number of carbonyl (C=O) groups is 2. The minimum Gasteiger partial charge on any atom is -0.493 e. The smallest absolute Gasteiger partial charge is 0.408 e. The molecule has 0 bridgehead atoms. The van der Waals surface area contributed by atoms with Gasteiger partial charge in [0.1, 0.15) is 6.54 Å².